The molecule has 0 aliphatic carbocycles. The van der Waals surface area contributed by atoms with E-state index in [9.17, 15) is 9.59 Å². The Labute approximate surface area is 105 Å². The highest BCUT2D eigenvalue weighted by Gasteiger charge is 2.25. The molecule has 0 saturated heterocycles. The third kappa shape index (κ3) is 2.88. The first-order chi connectivity index (χ1) is 8.38. The minimum Gasteiger partial charge on any atom is -0.481 e. The summed E-state index contributed by atoms with van der Waals surface area (Å²) in [5, 5.41) is 15.3. The smallest absolute Gasteiger partial charge is 0.308 e. The number of carboxylic acids is 1. The molecule has 0 aliphatic heterocycles. The number of aryl methyl sites for hydroxylation is 2. The lowest BCUT2D eigenvalue weighted by Crippen LogP contribution is -2.40. The Balaban J connectivity index is 2.82. The van der Waals surface area contributed by atoms with Gasteiger partial charge in [0.2, 0.25) is 0 Å². The zero-order chi connectivity index (χ0) is 13.9. The SMILES string of the molecule is CCc1noc(C)c1C(=O)NC(C)C(C)C(=O)O. The summed E-state index contributed by atoms with van der Waals surface area (Å²) < 4.78 is 4.97. The number of carbonyl (C=O) groups excluding carboxylic acids is 1. The van der Waals surface area contributed by atoms with Crippen LogP contribution in [0.1, 0.15) is 42.6 Å². The molecule has 0 radical (unpaired) electrons. The van der Waals surface area contributed by atoms with Crippen molar-refractivity contribution in [3.8, 4) is 0 Å². The average molecular weight is 254 g/mol. The van der Waals surface area contributed by atoms with Crippen molar-refractivity contribution in [3.63, 3.8) is 0 Å². The standard InChI is InChI=1S/C12H18N2O4/c1-5-9-10(8(4)18-14-9)11(15)13-7(3)6(2)12(16)17/h6-7H,5H2,1-4H3,(H,13,15)(H,16,17). The van der Waals surface area contributed by atoms with E-state index in [1.165, 1.54) is 0 Å². The molecule has 6 nitrogen and oxygen atoms in total. The van der Waals surface area contributed by atoms with Crippen molar-refractivity contribution in [3.05, 3.63) is 17.0 Å². The molecule has 2 unspecified atom stereocenters. The quantitative estimate of drug-likeness (QED) is 0.828. The summed E-state index contributed by atoms with van der Waals surface area (Å²) in [4.78, 5) is 22.9. The number of hydrogen-bond acceptors (Lipinski definition) is 4. The fourth-order valence-corrected chi connectivity index (χ4v) is 1.57. The van der Waals surface area contributed by atoms with Crippen LogP contribution in [0.2, 0.25) is 0 Å². The first-order valence-electron chi connectivity index (χ1n) is 5.87. The lowest BCUT2D eigenvalue weighted by molar-refractivity contribution is -0.141. The van der Waals surface area contributed by atoms with Crippen LogP contribution in [0, 0.1) is 12.8 Å². The molecule has 1 amide bonds. The van der Waals surface area contributed by atoms with Gasteiger partial charge < -0.3 is 14.9 Å². The van der Waals surface area contributed by atoms with Crippen LogP contribution in [0.4, 0.5) is 0 Å². The zero-order valence-corrected chi connectivity index (χ0v) is 11.0. The summed E-state index contributed by atoms with van der Waals surface area (Å²) >= 11 is 0. The Bertz CT molecular complexity index is 453. The van der Waals surface area contributed by atoms with Crippen molar-refractivity contribution >= 4 is 11.9 Å². The first-order valence-corrected chi connectivity index (χ1v) is 5.87. The fraction of sp³-hybridized carbons (Fsp3) is 0.583. The second-order valence-corrected chi connectivity index (χ2v) is 4.30. The van der Waals surface area contributed by atoms with Gasteiger partial charge in [0.1, 0.15) is 11.3 Å². The van der Waals surface area contributed by atoms with Crippen molar-refractivity contribution < 1.29 is 19.2 Å². The molecule has 0 fully saturated rings. The van der Waals surface area contributed by atoms with Gasteiger partial charge in [-0.25, -0.2) is 0 Å². The van der Waals surface area contributed by atoms with Crippen LogP contribution >= 0.6 is 0 Å². The maximum atomic E-state index is 12.0. The van der Waals surface area contributed by atoms with Gasteiger partial charge in [-0.3, -0.25) is 9.59 Å². The van der Waals surface area contributed by atoms with Gasteiger partial charge in [0.05, 0.1) is 11.6 Å². The lowest BCUT2D eigenvalue weighted by atomic mass is 10.0. The minimum atomic E-state index is -0.944. The molecular formula is C12H18N2O4. The van der Waals surface area contributed by atoms with E-state index < -0.39 is 17.9 Å². The molecule has 0 aliphatic rings. The molecule has 1 rings (SSSR count). The topological polar surface area (TPSA) is 92.4 Å². The molecular weight excluding hydrogens is 236 g/mol. The third-order valence-electron chi connectivity index (χ3n) is 2.99. The van der Waals surface area contributed by atoms with Gasteiger partial charge in [0.25, 0.3) is 5.91 Å². The Morgan fingerprint density at radius 3 is 2.56 bits per heavy atom. The van der Waals surface area contributed by atoms with Crippen LogP contribution in [-0.2, 0) is 11.2 Å². The van der Waals surface area contributed by atoms with E-state index in [2.05, 4.69) is 10.5 Å². The van der Waals surface area contributed by atoms with Crippen molar-refractivity contribution in [1.82, 2.24) is 10.5 Å². The van der Waals surface area contributed by atoms with Crippen LogP contribution < -0.4 is 5.32 Å². The Hall–Kier alpha value is -1.85. The van der Waals surface area contributed by atoms with Crippen LogP contribution in [0.5, 0.6) is 0 Å². The van der Waals surface area contributed by atoms with Crippen LogP contribution in [0.3, 0.4) is 0 Å². The van der Waals surface area contributed by atoms with E-state index in [1.54, 1.807) is 20.8 Å². The van der Waals surface area contributed by atoms with Gasteiger partial charge in [0, 0.05) is 6.04 Å². The molecule has 100 valence electrons. The van der Waals surface area contributed by atoms with Gasteiger partial charge in [-0.1, -0.05) is 12.1 Å². The number of nitrogens with zero attached hydrogens (tertiary/aromatic N) is 1. The number of hydrogen-bond donors (Lipinski definition) is 2. The summed E-state index contributed by atoms with van der Waals surface area (Å²) in [5.41, 5.74) is 0.988. The average Bonchev–Trinajstić information content (AvgIpc) is 2.68. The van der Waals surface area contributed by atoms with E-state index in [0.29, 0.717) is 23.4 Å². The van der Waals surface area contributed by atoms with Gasteiger partial charge in [-0.05, 0) is 27.2 Å². The summed E-state index contributed by atoms with van der Waals surface area (Å²) in [6, 6.07) is -0.464. The van der Waals surface area contributed by atoms with Crippen LogP contribution in [0.25, 0.3) is 0 Å². The molecule has 1 heterocycles. The van der Waals surface area contributed by atoms with Crippen molar-refractivity contribution in [1.29, 1.82) is 0 Å². The van der Waals surface area contributed by atoms with Crippen LogP contribution in [0.15, 0.2) is 4.52 Å². The Morgan fingerprint density at radius 1 is 1.44 bits per heavy atom. The highest BCUT2D eigenvalue weighted by Crippen LogP contribution is 2.14. The number of rotatable bonds is 5. The first kappa shape index (κ1) is 14.2. The molecule has 0 spiro atoms. The number of aliphatic carboxylic acids is 1. The predicted octanol–water partition coefficient (Wildman–Crippen LogP) is 1.38. The molecule has 0 aromatic carbocycles. The Morgan fingerprint density at radius 2 is 2.06 bits per heavy atom. The number of carboxylic acid groups (broad SMARTS) is 1. The molecule has 0 saturated carbocycles. The molecule has 18 heavy (non-hydrogen) atoms. The van der Waals surface area contributed by atoms with E-state index in [1.807, 2.05) is 6.92 Å². The number of amides is 1. The predicted molar refractivity (Wildman–Crippen MR) is 64.3 cm³/mol. The van der Waals surface area contributed by atoms with Gasteiger partial charge in [0.15, 0.2) is 0 Å². The molecule has 6 heteroatoms. The van der Waals surface area contributed by atoms with E-state index >= 15 is 0 Å². The lowest BCUT2D eigenvalue weighted by Gasteiger charge is -2.17. The Kier molecular flexibility index (Phi) is 4.47. The molecule has 1 aromatic heterocycles. The molecule has 2 atom stereocenters. The molecule has 1 aromatic rings. The second kappa shape index (κ2) is 5.66. The number of nitrogens with one attached hydrogen (secondary N) is 1. The number of aromatic nitrogens is 1. The van der Waals surface area contributed by atoms with Gasteiger partial charge in [-0.15, -0.1) is 0 Å². The molecule has 2 N–H and O–H groups in total. The summed E-state index contributed by atoms with van der Waals surface area (Å²) in [7, 11) is 0. The maximum absolute atomic E-state index is 12.0. The largest absolute Gasteiger partial charge is 0.481 e. The highest BCUT2D eigenvalue weighted by molar-refractivity contribution is 5.96. The fourth-order valence-electron chi connectivity index (χ4n) is 1.57. The minimum absolute atomic E-state index is 0.341. The maximum Gasteiger partial charge on any atom is 0.308 e. The summed E-state index contributed by atoms with van der Waals surface area (Å²) in [5.74, 6) is -1.49. The van der Waals surface area contributed by atoms with Crippen LogP contribution in [-0.4, -0.2) is 28.2 Å². The highest BCUT2D eigenvalue weighted by atomic mass is 16.5. The van der Waals surface area contributed by atoms with Gasteiger partial charge >= 0.3 is 5.97 Å². The van der Waals surface area contributed by atoms with E-state index in [-0.39, 0.29) is 5.91 Å². The summed E-state index contributed by atoms with van der Waals surface area (Å²) in [6.07, 6.45) is 0.586. The van der Waals surface area contributed by atoms with Crippen molar-refractivity contribution in [2.24, 2.45) is 5.92 Å². The van der Waals surface area contributed by atoms with Crippen molar-refractivity contribution in [2.45, 2.75) is 40.2 Å². The molecule has 0 bridgehead atoms. The van der Waals surface area contributed by atoms with E-state index in [0.717, 1.165) is 0 Å². The van der Waals surface area contributed by atoms with E-state index in [4.69, 9.17) is 9.63 Å². The monoisotopic (exact) mass is 254 g/mol. The second-order valence-electron chi connectivity index (χ2n) is 4.30. The van der Waals surface area contributed by atoms with Crippen molar-refractivity contribution in [2.75, 3.05) is 0 Å². The van der Waals surface area contributed by atoms with Gasteiger partial charge in [-0.2, -0.15) is 0 Å². The third-order valence-corrected chi connectivity index (χ3v) is 2.99. The number of carbonyl (C=O) groups is 2. The zero-order valence-electron chi connectivity index (χ0n) is 11.0. The normalized spacial score (nSPS) is 14.0. The summed E-state index contributed by atoms with van der Waals surface area (Å²) in [6.45, 7) is 6.74.